The zero-order valence-electron chi connectivity index (χ0n) is 5.31. The van der Waals surface area contributed by atoms with Gasteiger partial charge in [-0.1, -0.05) is 0 Å². The van der Waals surface area contributed by atoms with Crippen LogP contribution in [0.3, 0.4) is 0 Å². The first-order valence-corrected chi connectivity index (χ1v) is 2.80. The third kappa shape index (κ3) is 1.57. The lowest BCUT2D eigenvalue weighted by Gasteiger charge is -2.28. The molecule has 3 N–H and O–H groups in total. The van der Waals surface area contributed by atoms with Gasteiger partial charge in [0.25, 0.3) is 0 Å². The SMILES string of the molecule is CC1(N)CNC(=O)OC1. The number of carbonyl (C=O) groups excluding carboxylic acids is 1. The number of alkyl carbamates (subject to hydrolysis) is 1. The van der Waals surface area contributed by atoms with Crippen molar-refractivity contribution in [3.05, 3.63) is 0 Å². The van der Waals surface area contributed by atoms with Crippen LogP contribution in [-0.4, -0.2) is 24.8 Å². The molecule has 0 aliphatic carbocycles. The molecule has 0 radical (unpaired) electrons. The van der Waals surface area contributed by atoms with Gasteiger partial charge in [0.15, 0.2) is 0 Å². The van der Waals surface area contributed by atoms with E-state index in [0.29, 0.717) is 13.2 Å². The highest BCUT2D eigenvalue weighted by molar-refractivity contribution is 5.68. The summed E-state index contributed by atoms with van der Waals surface area (Å²) < 4.78 is 4.62. The summed E-state index contributed by atoms with van der Waals surface area (Å²) in [5.74, 6) is 0. The molecule has 4 nitrogen and oxygen atoms in total. The zero-order chi connectivity index (χ0) is 6.91. The van der Waals surface area contributed by atoms with Gasteiger partial charge in [0, 0.05) is 6.54 Å². The van der Waals surface area contributed by atoms with E-state index in [1.54, 1.807) is 0 Å². The van der Waals surface area contributed by atoms with Crippen LogP contribution in [0.1, 0.15) is 6.92 Å². The molecule has 1 atom stereocenters. The third-order valence-electron chi connectivity index (χ3n) is 1.17. The minimum Gasteiger partial charge on any atom is -0.448 e. The predicted octanol–water partition coefficient (Wildman–Crippen LogP) is -0.556. The molecule has 0 aromatic carbocycles. The summed E-state index contributed by atoms with van der Waals surface area (Å²) in [5, 5.41) is 2.49. The maximum absolute atomic E-state index is 10.4. The molecule has 0 aromatic heterocycles. The van der Waals surface area contributed by atoms with Gasteiger partial charge >= 0.3 is 6.09 Å². The molecule has 1 amide bonds. The number of hydrogen-bond donors (Lipinski definition) is 2. The van der Waals surface area contributed by atoms with Gasteiger partial charge in [-0.15, -0.1) is 0 Å². The standard InChI is InChI=1S/C5H10N2O2/c1-5(6)2-7-4(8)9-3-5/h2-3,6H2,1H3,(H,7,8). The molecule has 1 rings (SSSR count). The van der Waals surface area contributed by atoms with E-state index in [0.717, 1.165) is 0 Å². The second kappa shape index (κ2) is 1.88. The van der Waals surface area contributed by atoms with E-state index in [9.17, 15) is 4.79 Å². The van der Waals surface area contributed by atoms with Gasteiger partial charge in [0.1, 0.15) is 6.61 Å². The third-order valence-corrected chi connectivity index (χ3v) is 1.17. The van der Waals surface area contributed by atoms with E-state index in [1.807, 2.05) is 6.92 Å². The number of ether oxygens (including phenoxy) is 1. The average molecular weight is 130 g/mol. The fourth-order valence-corrected chi connectivity index (χ4v) is 0.607. The van der Waals surface area contributed by atoms with Crippen molar-refractivity contribution in [2.75, 3.05) is 13.2 Å². The van der Waals surface area contributed by atoms with Crippen LogP contribution in [0.25, 0.3) is 0 Å². The Morgan fingerprint density at radius 2 is 2.56 bits per heavy atom. The van der Waals surface area contributed by atoms with E-state index >= 15 is 0 Å². The van der Waals surface area contributed by atoms with Crippen LogP contribution in [0, 0.1) is 0 Å². The first kappa shape index (κ1) is 6.35. The molecule has 1 saturated heterocycles. The molecule has 1 fully saturated rings. The van der Waals surface area contributed by atoms with E-state index in [4.69, 9.17) is 5.73 Å². The van der Waals surface area contributed by atoms with Crippen LogP contribution < -0.4 is 11.1 Å². The van der Waals surface area contributed by atoms with Crippen molar-refractivity contribution in [3.8, 4) is 0 Å². The Morgan fingerprint density at radius 1 is 1.89 bits per heavy atom. The molecule has 1 aliphatic heterocycles. The fourth-order valence-electron chi connectivity index (χ4n) is 0.607. The maximum atomic E-state index is 10.4. The average Bonchev–Trinajstić information content (AvgIpc) is 1.78. The van der Waals surface area contributed by atoms with Crippen molar-refractivity contribution in [1.29, 1.82) is 0 Å². The summed E-state index contributed by atoms with van der Waals surface area (Å²) in [5.41, 5.74) is 5.21. The highest BCUT2D eigenvalue weighted by Gasteiger charge is 2.26. The molecular weight excluding hydrogens is 120 g/mol. The Bertz CT molecular complexity index is 121. The molecule has 0 aromatic rings. The van der Waals surface area contributed by atoms with Crippen molar-refractivity contribution in [3.63, 3.8) is 0 Å². The van der Waals surface area contributed by atoms with E-state index in [2.05, 4.69) is 10.1 Å². The molecule has 0 spiro atoms. The maximum Gasteiger partial charge on any atom is 0.407 e. The normalized spacial score (nSPS) is 35.1. The van der Waals surface area contributed by atoms with E-state index in [1.165, 1.54) is 0 Å². The fraction of sp³-hybridized carbons (Fsp3) is 0.800. The Labute approximate surface area is 53.4 Å². The number of nitrogens with one attached hydrogen (secondary N) is 1. The van der Waals surface area contributed by atoms with Gasteiger partial charge in [0.2, 0.25) is 0 Å². The molecule has 0 bridgehead atoms. The first-order valence-electron chi connectivity index (χ1n) is 2.80. The van der Waals surface area contributed by atoms with Crippen LogP contribution in [0.2, 0.25) is 0 Å². The van der Waals surface area contributed by atoms with Gasteiger partial charge in [-0.05, 0) is 6.92 Å². The Hall–Kier alpha value is -0.770. The summed E-state index contributed by atoms with van der Waals surface area (Å²) in [6.45, 7) is 2.62. The molecule has 1 heterocycles. The lowest BCUT2D eigenvalue weighted by Crippen LogP contribution is -2.56. The molecule has 9 heavy (non-hydrogen) atoms. The lowest BCUT2D eigenvalue weighted by atomic mass is 10.1. The zero-order valence-corrected chi connectivity index (χ0v) is 5.31. The van der Waals surface area contributed by atoms with Gasteiger partial charge in [0.05, 0.1) is 5.54 Å². The highest BCUT2D eigenvalue weighted by Crippen LogP contribution is 2.02. The monoisotopic (exact) mass is 130 g/mol. The number of cyclic esters (lactones) is 1. The molecular formula is C5H10N2O2. The topological polar surface area (TPSA) is 64.3 Å². The van der Waals surface area contributed by atoms with Crippen LogP contribution >= 0.6 is 0 Å². The quantitative estimate of drug-likeness (QED) is 0.462. The van der Waals surface area contributed by atoms with Crippen molar-refractivity contribution in [2.45, 2.75) is 12.5 Å². The smallest absolute Gasteiger partial charge is 0.407 e. The molecule has 1 unspecified atom stereocenters. The molecule has 0 saturated carbocycles. The number of carbonyl (C=O) groups is 1. The number of hydrogen-bond acceptors (Lipinski definition) is 3. The highest BCUT2D eigenvalue weighted by atomic mass is 16.6. The summed E-state index contributed by atoms with van der Waals surface area (Å²) in [4.78, 5) is 10.4. The van der Waals surface area contributed by atoms with Crippen molar-refractivity contribution in [2.24, 2.45) is 5.73 Å². The van der Waals surface area contributed by atoms with Gasteiger partial charge in [-0.3, -0.25) is 0 Å². The van der Waals surface area contributed by atoms with Crippen molar-refractivity contribution >= 4 is 6.09 Å². The summed E-state index contributed by atoms with van der Waals surface area (Å²) >= 11 is 0. The minimum absolute atomic E-state index is 0.304. The Morgan fingerprint density at radius 3 is 2.89 bits per heavy atom. The van der Waals surface area contributed by atoms with Gasteiger partial charge in [-0.2, -0.15) is 0 Å². The second-order valence-electron chi connectivity index (χ2n) is 2.58. The number of rotatable bonds is 0. The molecule has 4 heteroatoms. The summed E-state index contributed by atoms with van der Waals surface area (Å²) in [6, 6.07) is 0. The Balaban J connectivity index is 2.44. The Kier molecular flexibility index (Phi) is 1.32. The molecule has 1 aliphatic rings. The van der Waals surface area contributed by atoms with Gasteiger partial charge in [-0.25, -0.2) is 4.79 Å². The summed E-state index contributed by atoms with van der Waals surface area (Å²) in [7, 11) is 0. The largest absolute Gasteiger partial charge is 0.448 e. The number of amides is 1. The summed E-state index contributed by atoms with van der Waals surface area (Å²) in [6.07, 6.45) is -0.377. The van der Waals surface area contributed by atoms with Crippen molar-refractivity contribution in [1.82, 2.24) is 5.32 Å². The lowest BCUT2D eigenvalue weighted by molar-refractivity contribution is 0.0954. The second-order valence-corrected chi connectivity index (χ2v) is 2.58. The number of nitrogens with two attached hydrogens (primary N) is 1. The van der Waals surface area contributed by atoms with Crippen LogP contribution in [0.5, 0.6) is 0 Å². The van der Waals surface area contributed by atoms with Crippen molar-refractivity contribution < 1.29 is 9.53 Å². The molecule has 52 valence electrons. The van der Waals surface area contributed by atoms with Crippen LogP contribution in [0.4, 0.5) is 4.79 Å². The minimum atomic E-state index is -0.395. The van der Waals surface area contributed by atoms with Crippen LogP contribution in [0.15, 0.2) is 0 Å². The predicted molar refractivity (Wildman–Crippen MR) is 31.9 cm³/mol. The van der Waals surface area contributed by atoms with Gasteiger partial charge < -0.3 is 15.8 Å². The van der Waals surface area contributed by atoms with E-state index < -0.39 is 5.54 Å². The van der Waals surface area contributed by atoms with Crippen LogP contribution in [-0.2, 0) is 4.74 Å². The first-order chi connectivity index (χ1) is 4.10. The van der Waals surface area contributed by atoms with E-state index in [-0.39, 0.29) is 6.09 Å².